The monoisotopic (exact) mass is 635 g/mol. The fourth-order valence-corrected chi connectivity index (χ4v) is 5.06. The SMILES string of the molecule is CCCCCC/C=C\C/C=C\CCCCCCCC(=O)OCC(COC(=O)CCCCCCC)OC(=O)CCCCCCCC. The Balaban J connectivity index is 4.20. The fraction of sp³-hybridized carbons (Fsp3) is 0.821. The molecule has 0 radical (unpaired) electrons. The van der Waals surface area contributed by atoms with Crippen molar-refractivity contribution >= 4 is 17.9 Å². The molecule has 0 amide bonds. The highest BCUT2D eigenvalue weighted by atomic mass is 16.6. The van der Waals surface area contributed by atoms with Gasteiger partial charge in [-0.1, -0.05) is 141 Å². The van der Waals surface area contributed by atoms with E-state index in [0.29, 0.717) is 19.3 Å². The third-order valence-corrected chi connectivity index (χ3v) is 7.96. The lowest BCUT2D eigenvalue weighted by Gasteiger charge is -2.18. The van der Waals surface area contributed by atoms with Crippen LogP contribution in [-0.2, 0) is 28.6 Å². The molecule has 6 heteroatoms. The van der Waals surface area contributed by atoms with E-state index < -0.39 is 6.10 Å². The second-order valence-corrected chi connectivity index (χ2v) is 12.5. The molecular weight excluding hydrogens is 564 g/mol. The van der Waals surface area contributed by atoms with Crippen LogP contribution in [0.25, 0.3) is 0 Å². The van der Waals surface area contributed by atoms with E-state index in [1.54, 1.807) is 0 Å². The summed E-state index contributed by atoms with van der Waals surface area (Å²) in [4.78, 5) is 37.0. The first kappa shape index (κ1) is 42.9. The van der Waals surface area contributed by atoms with Gasteiger partial charge in [0, 0.05) is 19.3 Å². The van der Waals surface area contributed by atoms with Gasteiger partial charge in [0.2, 0.25) is 0 Å². The maximum Gasteiger partial charge on any atom is 0.306 e. The third kappa shape index (κ3) is 33.1. The average Bonchev–Trinajstić information content (AvgIpc) is 3.03. The van der Waals surface area contributed by atoms with Crippen LogP contribution < -0.4 is 0 Å². The highest BCUT2D eigenvalue weighted by Gasteiger charge is 2.19. The van der Waals surface area contributed by atoms with Crippen molar-refractivity contribution in [2.75, 3.05) is 13.2 Å². The molecule has 45 heavy (non-hydrogen) atoms. The Hall–Kier alpha value is -2.11. The minimum absolute atomic E-state index is 0.0763. The summed E-state index contributed by atoms with van der Waals surface area (Å²) in [5.41, 5.74) is 0. The predicted octanol–water partition coefficient (Wildman–Crippen LogP) is 11.3. The Bertz CT molecular complexity index is 744. The number of hydrogen-bond acceptors (Lipinski definition) is 6. The number of esters is 3. The summed E-state index contributed by atoms with van der Waals surface area (Å²) in [7, 11) is 0. The van der Waals surface area contributed by atoms with Crippen LogP contribution in [0.1, 0.15) is 188 Å². The topological polar surface area (TPSA) is 78.9 Å². The second-order valence-electron chi connectivity index (χ2n) is 12.5. The van der Waals surface area contributed by atoms with Crippen LogP contribution in [0.4, 0.5) is 0 Å². The molecule has 0 fully saturated rings. The number of carbonyl (C=O) groups excluding carboxylic acids is 3. The van der Waals surface area contributed by atoms with Crippen LogP contribution in [-0.4, -0.2) is 37.2 Å². The fourth-order valence-electron chi connectivity index (χ4n) is 5.06. The van der Waals surface area contributed by atoms with Crippen molar-refractivity contribution in [1.82, 2.24) is 0 Å². The number of rotatable bonds is 33. The zero-order chi connectivity index (χ0) is 33.1. The number of unbranched alkanes of at least 4 members (excludes halogenated alkanes) is 18. The molecule has 0 bridgehead atoms. The summed E-state index contributed by atoms with van der Waals surface area (Å²) < 4.78 is 16.4. The molecule has 0 aromatic carbocycles. The van der Waals surface area contributed by atoms with Crippen molar-refractivity contribution in [2.24, 2.45) is 0 Å². The van der Waals surface area contributed by atoms with Crippen molar-refractivity contribution < 1.29 is 28.6 Å². The van der Waals surface area contributed by atoms with Crippen LogP contribution in [0, 0.1) is 0 Å². The Kier molecular flexibility index (Phi) is 33.1. The third-order valence-electron chi connectivity index (χ3n) is 7.96. The van der Waals surface area contributed by atoms with E-state index in [1.165, 1.54) is 64.2 Å². The van der Waals surface area contributed by atoms with E-state index in [2.05, 4.69) is 45.1 Å². The van der Waals surface area contributed by atoms with Crippen molar-refractivity contribution in [1.29, 1.82) is 0 Å². The summed E-state index contributed by atoms with van der Waals surface area (Å²) in [6, 6.07) is 0. The van der Waals surface area contributed by atoms with E-state index in [1.807, 2.05) is 0 Å². The van der Waals surface area contributed by atoms with E-state index in [9.17, 15) is 14.4 Å². The van der Waals surface area contributed by atoms with Crippen molar-refractivity contribution in [3.63, 3.8) is 0 Å². The van der Waals surface area contributed by atoms with Gasteiger partial charge in [-0.05, 0) is 51.4 Å². The Morgan fingerprint density at radius 3 is 1.24 bits per heavy atom. The largest absolute Gasteiger partial charge is 0.462 e. The molecule has 0 aliphatic carbocycles. The zero-order valence-corrected chi connectivity index (χ0v) is 29.6. The first-order valence-electron chi connectivity index (χ1n) is 18.8. The Morgan fingerprint density at radius 1 is 0.444 bits per heavy atom. The van der Waals surface area contributed by atoms with E-state index in [0.717, 1.165) is 83.5 Å². The number of allylic oxidation sites excluding steroid dienone is 4. The van der Waals surface area contributed by atoms with Gasteiger partial charge in [-0.2, -0.15) is 0 Å². The molecule has 0 saturated heterocycles. The quantitative estimate of drug-likeness (QED) is 0.0309. The summed E-state index contributed by atoms with van der Waals surface area (Å²) in [5, 5.41) is 0. The molecule has 6 nitrogen and oxygen atoms in total. The molecule has 0 spiro atoms. The summed E-state index contributed by atoms with van der Waals surface area (Å²) in [5.74, 6) is -0.919. The van der Waals surface area contributed by atoms with Crippen LogP contribution >= 0.6 is 0 Å². The molecule has 262 valence electrons. The number of ether oxygens (including phenoxy) is 3. The lowest BCUT2D eigenvalue weighted by Crippen LogP contribution is -2.30. The highest BCUT2D eigenvalue weighted by Crippen LogP contribution is 2.12. The van der Waals surface area contributed by atoms with Crippen molar-refractivity contribution in [2.45, 2.75) is 194 Å². The van der Waals surface area contributed by atoms with Gasteiger partial charge in [0.15, 0.2) is 6.10 Å². The number of carbonyl (C=O) groups is 3. The molecular formula is C39H70O6. The maximum absolute atomic E-state index is 12.4. The normalized spacial score (nSPS) is 12.2. The van der Waals surface area contributed by atoms with Gasteiger partial charge in [-0.25, -0.2) is 0 Å². The maximum atomic E-state index is 12.4. The second kappa shape index (κ2) is 34.8. The van der Waals surface area contributed by atoms with Crippen molar-refractivity contribution in [3.8, 4) is 0 Å². The molecule has 0 saturated carbocycles. The summed E-state index contributed by atoms with van der Waals surface area (Å²) in [6.45, 7) is 6.43. The number of hydrogen-bond donors (Lipinski definition) is 0. The lowest BCUT2D eigenvalue weighted by atomic mass is 10.1. The highest BCUT2D eigenvalue weighted by molar-refractivity contribution is 5.71. The van der Waals surface area contributed by atoms with E-state index >= 15 is 0 Å². The average molecular weight is 635 g/mol. The van der Waals surface area contributed by atoms with Gasteiger partial charge >= 0.3 is 17.9 Å². The molecule has 0 aromatic rings. The molecule has 0 aliphatic rings. The molecule has 0 heterocycles. The molecule has 0 rings (SSSR count). The van der Waals surface area contributed by atoms with Gasteiger partial charge in [-0.3, -0.25) is 14.4 Å². The standard InChI is InChI=1S/C39H70O6/c1-4-7-10-13-15-16-17-18-19-20-21-22-23-24-27-29-32-38(41)44-35-36(34-43-37(40)31-28-25-12-9-6-3)45-39(42)33-30-26-14-11-8-5-2/h16-17,19-20,36H,4-15,18,21-35H2,1-3H3/b17-16-,20-19-. The summed E-state index contributed by atoms with van der Waals surface area (Å²) in [6.07, 6.45) is 34.9. The first-order valence-corrected chi connectivity index (χ1v) is 18.8. The minimum atomic E-state index is -0.764. The molecule has 1 unspecified atom stereocenters. The Labute approximate surface area is 277 Å². The zero-order valence-electron chi connectivity index (χ0n) is 29.6. The van der Waals surface area contributed by atoms with E-state index in [-0.39, 0.29) is 31.1 Å². The smallest absolute Gasteiger partial charge is 0.306 e. The van der Waals surface area contributed by atoms with Gasteiger partial charge in [0.25, 0.3) is 0 Å². The molecule has 0 aromatic heterocycles. The minimum Gasteiger partial charge on any atom is -0.462 e. The first-order chi connectivity index (χ1) is 22.0. The van der Waals surface area contributed by atoms with Crippen LogP contribution in [0.5, 0.6) is 0 Å². The van der Waals surface area contributed by atoms with Gasteiger partial charge in [0.05, 0.1) is 0 Å². The van der Waals surface area contributed by atoms with E-state index in [4.69, 9.17) is 14.2 Å². The van der Waals surface area contributed by atoms with Crippen LogP contribution in [0.2, 0.25) is 0 Å². The molecule has 0 aliphatic heterocycles. The van der Waals surface area contributed by atoms with Crippen molar-refractivity contribution in [3.05, 3.63) is 24.3 Å². The van der Waals surface area contributed by atoms with Crippen LogP contribution in [0.3, 0.4) is 0 Å². The van der Waals surface area contributed by atoms with Gasteiger partial charge < -0.3 is 14.2 Å². The van der Waals surface area contributed by atoms with Gasteiger partial charge in [-0.15, -0.1) is 0 Å². The van der Waals surface area contributed by atoms with Crippen LogP contribution in [0.15, 0.2) is 24.3 Å². The lowest BCUT2D eigenvalue weighted by molar-refractivity contribution is -0.167. The molecule has 1 atom stereocenters. The Morgan fingerprint density at radius 2 is 0.800 bits per heavy atom. The summed E-state index contributed by atoms with van der Waals surface area (Å²) >= 11 is 0. The molecule has 0 N–H and O–H groups in total. The van der Waals surface area contributed by atoms with Gasteiger partial charge in [0.1, 0.15) is 13.2 Å². The predicted molar refractivity (Wildman–Crippen MR) is 187 cm³/mol.